The second-order valence-corrected chi connectivity index (χ2v) is 5.85. The third kappa shape index (κ3) is 4.45. The van der Waals surface area contributed by atoms with Crippen molar-refractivity contribution in [2.75, 3.05) is 12.4 Å². The van der Waals surface area contributed by atoms with E-state index in [-0.39, 0.29) is 12.3 Å². The molecule has 2 N–H and O–H groups in total. The molecule has 0 unspecified atom stereocenters. The van der Waals surface area contributed by atoms with E-state index in [2.05, 4.69) is 20.4 Å². The van der Waals surface area contributed by atoms with E-state index in [4.69, 9.17) is 4.74 Å². The van der Waals surface area contributed by atoms with Gasteiger partial charge in [0.25, 0.3) is 0 Å². The lowest BCUT2D eigenvalue weighted by Gasteiger charge is -2.13. The van der Waals surface area contributed by atoms with Crippen LogP contribution < -0.4 is 20.1 Å². The third-order valence-electron chi connectivity index (χ3n) is 3.93. The zero-order valence-corrected chi connectivity index (χ0v) is 15.0. The molecule has 28 heavy (non-hydrogen) atoms. The number of amides is 2. The van der Waals surface area contributed by atoms with E-state index in [1.54, 1.807) is 12.4 Å². The van der Waals surface area contributed by atoms with Gasteiger partial charge in [-0.1, -0.05) is 0 Å². The van der Waals surface area contributed by atoms with Crippen LogP contribution in [-0.4, -0.2) is 29.1 Å². The first-order valence-electron chi connectivity index (χ1n) is 8.14. The largest absolute Gasteiger partial charge is 0.573 e. The van der Waals surface area contributed by atoms with Crippen LogP contribution in [0.2, 0.25) is 0 Å². The number of anilines is 1. The summed E-state index contributed by atoms with van der Waals surface area (Å²) in [6, 6.07) is 7.91. The highest BCUT2D eigenvalue weighted by molar-refractivity contribution is 5.90. The molecule has 0 aliphatic rings. The standard InChI is InChI=1S/C18H17F3N4O3/c1-25-10-23-14-7-8-15(27-2)13(16(14)25)9-22-17(26)24-11-3-5-12(6-4-11)28-18(19,20)21/h3-8,10H,9H2,1-2H3,(H2,22,24,26). The molecule has 148 valence electrons. The van der Waals surface area contributed by atoms with Gasteiger partial charge in [-0.15, -0.1) is 13.2 Å². The number of aromatic nitrogens is 2. The summed E-state index contributed by atoms with van der Waals surface area (Å²) >= 11 is 0. The van der Waals surface area contributed by atoms with Gasteiger partial charge < -0.3 is 24.7 Å². The van der Waals surface area contributed by atoms with Crippen molar-refractivity contribution in [1.82, 2.24) is 14.9 Å². The number of halogens is 3. The number of hydrogen-bond donors (Lipinski definition) is 2. The minimum atomic E-state index is -4.77. The van der Waals surface area contributed by atoms with E-state index in [1.165, 1.54) is 19.2 Å². The van der Waals surface area contributed by atoms with Gasteiger partial charge in [0.1, 0.15) is 11.5 Å². The van der Waals surface area contributed by atoms with Gasteiger partial charge in [-0.25, -0.2) is 9.78 Å². The molecule has 0 saturated heterocycles. The van der Waals surface area contributed by atoms with Gasteiger partial charge in [0.2, 0.25) is 0 Å². The van der Waals surface area contributed by atoms with E-state index < -0.39 is 12.4 Å². The Hall–Kier alpha value is -3.43. The first kappa shape index (κ1) is 19.3. The summed E-state index contributed by atoms with van der Waals surface area (Å²) in [6.45, 7) is 0.168. The van der Waals surface area contributed by atoms with Gasteiger partial charge in [0, 0.05) is 18.3 Å². The van der Waals surface area contributed by atoms with Crippen molar-refractivity contribution in [3.8, 4) is 11.5 Å². The topological polar surface area (TPSA) is 77.4 Å². The molecule has 2 aromatic carbocycles. The number of rotatable bonds is 5. The van der Waals surface area contributed by atoms with E-state index in [1.807, 2.05) is 17.7 Å². The molecule has 0 bridgehead atoms. The van der Waals surface area contributed by atoms with Gasteiger partial charge in [-0.3, -0.25) is 0 Å². The quantitative estimate of drug-likeness (QED) is 0.690. The Kier molecular flexibility index (Phi) is 5.30. The number of imidazole rings is 1. The average molecular weight is 394 g/mol. The van der Waals surface area contributed by atoms with Crippen molar-refractivity contribution in [2.24, 2.45) is 7.05 Å². The predicted molar refractivity (Wildman–Crippen MR) is 96.2 cm³/mol. The fourth-order valence-corrected chi connectivity index (χ4v) is 2.76. The molecule has 10 heteroatoms. The van der Waals surface area contributed by atoms with Gasteiger partial charge in [-0.05, 0) is 36.4 Å². The average Bonchev–Trinajstić information content (AvgIpc) is 3.01. The minimum absolute atomic E-state index is 0.168. The predicted octanol–water partition coefficient (Wildman–Crippen LogP) is 3.80. The molecular formula is C18H17F3N4O3. The number of alkyl halides is 3. The minimum Gasteiger partial charge on any atom is -0.496 e. The fraction of sp³-hybridized carbons (Fsp3) is 0.222. The maximum atomic E-state index is 12.2. The number of ether oxygens (including phenoxy) is 2. The summed E-state index contributed by atoms with van der Waals surface area (Å²) in [5.41, 5.74) is 2.66. The number of nitrogens with zero attached hydrogens (tertiary/aromatic N) is 2. The molecule has 0 aliphatic carbocycles. The number of methoxy groups -OCH3 is 1. The Labute approximate surface area is 158 Å². The molecular weight excluding hydrogens is 377 g/mol. The highest BCUT2D eigenvalue weighted by Crippen LogP contribution is 2.27. The number of hydrogen-bond acceptors (Lipinski definition) is 4. The summed E-state index contributed by atoms with van der Waals surface area (Å²) < 4.78 is 47.5. The Bertz CT molecular complexity index is 984. The number of benzene rings is 2. The van der Waals surface area contributed by atoms with Crippen molar-refractivity contribution in [1.29, 1.82) is 0 Å². The maximum Gasteiger partial charge on any atom is 0.573 e. The monoisotopic (exact) mass is 394 g/mol. The summed E-state index contributed by atoms with van der Waals surface area (Å²) in [6.07, 6.45) is -3.10. The van der Waals surface area contributed by atoms with Crippen LogP contribution in [0, 0.1) is 0 Å². The molecule has 0 aliphatic heterocycles. The van der Waals surface area contributed by atoms with Crippen LogP contribution in [-0.2, 0) is 13.6 Å². The van der Waals surface area contributed by atoms with Crippen molar-refractivity contribution >= 4 is 22.8 Å². The maximum absolute atomic E-state index is 12.2. The number of urea groups is 1. The lowest BCUT2D eigenvalue weighted by molar-refractivity contribution is -0.274. The van der Waals surface area contributed by atoms with E-state index in [0.717, 1.165) is 28.7 Å². The Morgan fingerprint density at radius 3 is 2.54 bits per heavy atom. The highest BCUT2D eigenvalue weighted by atomic mass is 19.4. The Balaban J connectivity index is 1.66. The second-order valence-electron chi connectivity index (χ2n) is 5.85. The molecule has 3 rings (SSSR count). The lowest BCUT2D eigenvalue weighted by Crippen LogP contribution is -2.28. The molecule has 1 heterocycles. The Morgan fingerprint density at radius 2 is 1.89 bits per heavy atom. The van der Waals surface area contributed by atoms with Crippen LogP contribution in [0.4, 0.5) is 23.7 Å². The highest BCUT2D eigenvalue weighted by Gasteiger charge is 2.30. The first-order chi connectivity index (χ1) is 13.3. The van der Waals surface area contributed by atoms with E-state index >= 15 is 0 Å². The van der Waals surface area contributed by atoms with Crippen molar-refractivity contribution < 1.29 is 27.4 Å². The summed E-state index contributed by atoms with van der Waals surface area (Å²) in [4.78, 5) is 16.4. The molecule has 1 aromatic heterocycles. The van der Waals surface area contributed by atoms with Crippen LogP contribution in [0.25, 0.3) is 11.0 Å². The van der Waals surface area contributed by atoms with Gasteiger partial charge in [-0.2, -0.15) is 0 Å². The molecule has 0 radical (unpaired) electrons. The first-order valence-corrected chi connectivity index (χ1v) is 8.14. The fourth-order valence-electron chi connectivity index (χ4n) is 2.76. The molecule has 0 fully saturated rings. The second kappa shape index (κ2) is 7.67. The number of nitrogens with one attached hydrogen (secondary N) is 2. The van der Waals surface area contributed by atoms with Gasteiger partial charge >= 0.3 is 12.4 Å². The number of fused-ring (bicyclic) bond motifs is 1. The van der Waals surface area contributed by atoms with E-state index in [0.29, 0.717) is 11.4 Å². The third-order valence-corrected chi connectivity index (χ3v) is 3.93. The van der Waals surface area contributed by atoms with Crippen LogP contribution in [0.1, 0.15) is 5.56 Å². The van der Waals surface area contributed by atoms with Crippen LogP contribution in [0.5, 0.6) is 11.5 Å². The van der Waals surface area contributed by atoms with Crippen LogP contribution in [0.3, 0.4) is 0 Å². The number of carbonyl (C=O) groups is 1. The lowest BCUT2D eigenvalue weighted by atomic mass is 10.1. The number of carbonyl (C=O) groups excluding carboxylic acids is 1. The van der Waals surface area contributed by atoms with Crippen LogP contribution in [0.15, 0.2) is 42.7 Å². The molecule has 0 spiro atoms. The van der Waals surface area contributed by atoms with Gasteiger partial charge in [0.05, 0.1) is 31.0 Å². The SMILES string of the molecule is COc1ccc2ncn(C)c2c1CNC(=O)Nc1ccc(OC(F)(F)F)cc1. The van der Waals surface area contributed by atoms with Crippen molar-refractivity contribution in [3.05, 3.63) is 48.3 Å². The molecule has 0 saturated carbocycles. The number of aryl methyl sites for hydroxylation is 1. The van der Waals surface area contributed by atoms with Crippen molar-refractivity contribution in [2.45, 2.75) is 12.9 Å². The smallest absolute Gasteiger partial charge is 0.496 e. The molecule has 0 atom stereocenters. The normalized spacial score (nSPS) is 11.3. The zero-order chi connectivity index (χ0) is 20.3. The summed E-state index contributed by atoms with van der Waals surface area (Å²) in [5, 5.41) is 5.25. The molecule has 7 nitrogen and oxygen atoms in total. The Morgan fingerprint density at radius 1 is 1.18 bits per heavy atom. The molecule has 2 amide bonds. The summed E-state index contributed by atoms with van der Waals surface area (Å²) in [5.74, 6) is 0.233. The van der Waals surface area contributed by atoms with Gasteiger partial charge in [0.15, 0.2) is 0 Å². The summed E-state index contributed by atoms with van der Waals surface area (Å²) in [7, 11) is 3.37. The van der Waals surface area contributed by atoms with E-state index in [9.17, 15) is 18.0 Å². The van der Waals surface area contributed by atoms with Crippen molar-refractivity contribution in [3.63, 3.8) is 0 Å². The zero-order valence-electron chi connectivity index (χ0n) is 15.0. The molecule has 3 aromatic rings. The van der Waals surface area contributed by atoms with Crippen LogP contribution >= 0.6 is 0 Å².